The monoisotopic (exact) mass is 483 g/mol. The zero-order valence-corrected chi connectivity index (χ0v) is 18.7. The Kier molecular flexibility index (Phi) is 6.21. The molecular weight excluding hydrogens is 465 g/mol. The van der Waals surface area contributed by atoms with Crippen molar-refractivity contribution in [1.29, 1.82) is 5.26 Å². The summed E-state index contributed by atoms with van der Waals surface area (Å²) in [6.45, 7) is 2.96. The third-order valence-electron chi connectivity index (χ3n) is 4.99. The number of fused-ring (bicyclic) bond motifs is 1. The van der Waals surface area contributed by atoms with Crippen LogP contribution in [0, 0.1) is 23.1 Å². The fraction of sp³-hybridized carbons (Fsp3) is 0.273. The number of hydrogen-bond donors (Lipinski definition) is 1. The molecule has 5 nitrogen and oxygen atoms in total. The zero-order chi connectivity index (χ0) is 21.1. The maximum atomic E-state index is 13.3. The standard InChI is InChI=1S/C22H19BrFN5S/c1-2-3-4-14-12-26-16-9-10-18(23)27-21(16)20(14)29-22-28-19(17(11-25)30-22)13-5-7-15(24)8-6-13/h5-10,14,26H,2-4,12H2,1H3. The molecule has 0 saturated carbocycles. The molecule has 1 N–H and O–H groups in total. The van der Waals surface area contributed by atoms with Crippen LogP contribution in [0.25, 0.3) is 11.3 Å². The van der Waals surface area contributed by atoms with E-state index in [1.807, 2.05) is 12.1 Å². The number of pyridine rings is 1. The van der Waals surface area contributed by atoms with Crippen molar-refractivity contribution in [3.05, 3.63) is 57.4 Å². The summed E-state index contributed by atoms with van der Waals surface area (Å²) in [6.07, 6.45) is 3.20. The molecule has 0 bridgehead atoms. The van der Waals surface area contributed by atoms with Gasteiger partial charge in [-0.05, 0) is 58.7 Å². The van der Waals surface area contributed by atoms with Crippen molar-refractivity contribution in [1.82, 2.24) is 9.97 Å². The SMILES string of the molecule is CCCCC1CNc2ccc(Br)nc2C1=Nc1nc(-c2ccc(F)cc2)c(C#N)s1. The highest BCUT2D eigenvalue weighted by Crippen LogP contribution is 2.35. The van der Waals surface area contributed by atoms with E-state index in [0.717, 1.165) is 47.5 Å². The molecule has 152 valence electrons. The molecule has 0 fully saturated rings. The van der Waals surface area contributed by atoms with Crippen LogP contribution in [0.4, 0.5) is 15.2 Å². The molecule has 3 heterocycles. The Morgan fingerprint density at radius 3 is 2.77 bits per heavy atom. The number of rotatable bonds is 5. The number of aliphatic imine (C=N–C) groups is 1. The van der Waals surface area contributed by atoms with Crippen molar-refractivity contribution in [2.75, 3.05) is 11.9 Å². The first kappa shape index (κ1) is 20.6. The summed E-state index contributed by atoms with van der Waals surface area (Å²) in [5, 5.41) is 13.6. The van der Waals surface area contributed by atoms with Crippen molar-refractivity contribution in [2.45, 2.75) is 26.2 Å². The minimum Gasteiger partial charge on any atom is -0.383 e. The predicted octanol–water partition coefficient (Wildman–Crippen LogP) is 6.33. The number of halogens is 2. The summed E-state index contributed by atoms with van der Waals surface area (Å²) >= 11 is 4.70. The summed E-state index contributed by atoms with van der Waals surface area (Å²) in [4.78, 5) is 14.6. The quantitative estimate of drug-likeness (QED) is 0.430. The number of nitrogens with one attached hydrogen (secondary N) is 1. The molecule has 0 spiro atoms. The van der Waals surface area contributed by atoms with Crippen LogP contribution in [0.1, 0.15) is 36.8 Å². The number of benzene rings is 1. The highest BCUT2D eigenvalue weighted by molar-refractivity contribution is 9.10. The van der Waals surface area contributed by atoms with E-state index in [2.05, 4.69) is 44.2 Å². The lowest BCUT2D eigenvalue weighted by Crippen LogP contribution is -2.31. The van der Waals surface area contributed by atoms with Gasteiger partial charge in [0.1, 0.15) is 32.8 Å². The predicted molar refractivity (Wildman–Crippen MR) is 122 cm³/mol. The van der Waals surface area contributed by atoms with Crippen LogP contribution in [0.5, 0.6) is 0 Å². The topological polar surface area (TPSA) is 74.0 Å². The minimum atomic E-state index is -0.324. The van der Waals surface area contributed by atoms with Crippen molar-refractivity contribution in [3.8, 4) is 17.3 Å². The number of nitrogens with zero attached hydrogens (tertiary/aromatic N) is 4. The Morgan fingerprint density at radius 1 is 1.23 bits per heavy atom. The van der Waals surface area contributed by atoms with Crippen LogP contribution in [0.2, 0.25) is 0 Å². The second kappa shape index (κ2) is 9.02. The van der Waals surface area contributed by atoms with Crippen LogP contribution in [0.15, 0.2) is 46.0 Å². The van der Waals surface area contributed by atoms with Gasteiger partial charge in [-0.25, -0.2) is 19.4 Å². The Hall–Kier alpha value is -2.63. The molecule has 2 aromatic heterocycles. The molecular formula is C22H19BrFN5S. The average Bonchev–Trinajstić information content (AvgIpc) is 3.16. The van der Waals surface area contributed by atoms with Gasteiger partial charge in [-0.2, -0.15) is 5.26 Å². The molecule has 8 heteroatoms. The van der Waals surface area contributed by atoms with Crippen molar-refractivity contribution >= 4 is 43.8 Å². The summed E-state index contributed by atoms with van der Waals surface area (Å²) in [5.41, 5.74) is 3.88. The fourth-order valence-electron chi connectivity index (χ4n) is 3.47. The van der Waals surface area contributed by atoms with Gasteiger partial charge < -0.3 is 5.32 Å². The van der Waals surface area contributed by atoms with E-state index in [9.17, 15) is 9.65 Å². The van der Waals surface area contributed by atoms with E-state index in [1.54, 1.807) is 12.1 Å². The largest absolute Gasteiger partial charge is 0.383 e. The van der Waals surface area contributed by atoms with Gasteiger partial charge in [0.25, 0.3) is 0 Å². The Bertz CT molecular complexity index is 1130. The molecule has 0 radical (unpaired) electrons. The normalized spacial score (nSPS) is 16.7. The maximum absolute atomic E-state index is 13.3. The van der Waals surface area contributed by atoms with Gasteiger partial charge in [-0.1, -0.05) is 31.1 Å². The number of anilines is 1. The van der Waals surface area contributed by atoms with Crippen molar-refractivity contribution in [3.63, 3.8) is 0 Å². The highest BCUT2D eigenvalue weighted by atomic mass is 79.9. The molecule has 0 amide bonds. The van der Waals surface area contributed by atoms with Gasteiger partial charge in [0.2, 0.25) is 5.13 Å². The second-order valence-electron chi connectivity index (χ2n) is 7.04. The first-order valence-electron chi connectivity index (χ1n) is 9.75. The summed E-state index contributed by atoms with van der Waals surface area (Å²) in [7, 11) is 0. The maximum Gasteiger partial charge on any atom is 0.211 e. The summed E-state index contributed by atoms with van der Waals surface area (Å²) < 4.78 is 14.0. The van der Waals surface area contributed by atoms with Crippen molar-refractivity contribution < 1.29 is 4.39 Å². The molecule has 30 heavy (non-hydrogen) atoms. The minimum absolute atomic E-state index is 0.211. The molecule has 0 saturated heterocycles. The lowest BCUT2D eigenvalue weighted by atomic mass is 9.90. The summed E-state index contributed by atoms with van der Waals surface area (Å²) in [5.74, 6) is -0.113. The van der Waals surface area contributed by atoms with E-state index in [-0.39, 0.29) is 11.7 Å². The smallest absolute Gasteiger partial charge is 0.211 e. The molecule has 3 aromatic rings. The average molecular weight is 484 g/mol. The van der Waals surface area contributed by atoms with Gasteiger partial charge in [-0.3, -0.25) is 0 Å². The van der Waals surface area contributed by atoms with Crippen LogP contribution >= 0.6 is 27.3 Å². The first-order valence-corrected chi connectivity index (χ1v) is 11.4. The van der Waals surface area contributed by atoms with E-state index in [0.29, 0.717) is 21.3 Å². The second-order valence-corrected chi connectivity index (χ2v) is 8.83. The highest BCUT2D eigenvalue weighted by Gasteiger charge is 2.27. The molecule has 1 unspecified atom stereocenters. The van der Waals surface area contributed by atoms with E-state index < -0.39 is 0 Å². The molecule has 1 atom stereocenters. The van der Waals surface area contributed by atoms with Crippen LogP contribution in [0.3, 0.4) is 0 Å². The third kappa shape index (κ3) is 4.27. The summed E-state index contributed by atoms with van der Waals surface area (Å²) in [6, 6.07) is 12.1. The fourth-order valence-corrected chi connectivity index (χ4v) is 4.55. The Morgan fingerprint density at radius 2 is 2.03 bits per heavy atom. The van der Waals surface area contributed by atoms with Gasteiger partial charge in [0.05, 0.1) is 11.4 Å². The van der Waals surface area contributed by atoms with E-state index in [1.165, 1.54) is 23.5 Å². The lowest BCUT2D eigenvalue weighted by molar-refractivity contribution is 0.597. The molecule has 1 aliphatic heterocycles. The van der Waals surface area contributed by atoms with Gasteiger partial charge >= 0.3 is 0 Å². The van der Waals surface area contributed by atoms with Crippen molar-refractivity contribution in [2.24, 2.45) is 10.9 Å². The van der Waals surface area contributed by atoms with E-state index >= 15 is 0 Å². The lowest BCUT2D eigenvalue weighted by Gasteiger charge is -2.27. The molecule has 1 aliphatic rings. The number of aromatic nitrogens is 2. The third-order valence-corrected chi connectivity index (χ3v) is 6.28. The number of nitriles is 1. The van der Waals surface area contributed by atoms with Crippen LogP contribution in [-0.2, 0) is 0 Å². The van der Waals surface area contributed by atoms with Gasteiger partial charge in [-0.15, -0.1) is 0 Å². The molecule has 4 rings (SSSR count). The Labute approximate surface area is 186 Å². The van der Waals surface area contributed by atoms with Crippen LogP contribution < -0.4 is 5.32 Å². The zero-order valence-electron chi connectivity index (χ0n) is 16.3. The molecule has 0 aliphatic carbocycles. The van der Waals surface area contributed by atoms with E-state index in [4.69, 9.17) is 4.99 Å². The number of hydrogen-bond acceptors (Lipinski definition) is 6. The van der Waals surface area contributed by atoms with Gasteiger partial charge in [0.15, 0.2) is 0 Å². The van der Waals surface area contributed by atoms with Crippen LogP contribution in [-0.4, -0.2) is 22.2 Å². The first-order chi connectivity index (χ1) is 14.6. The Balaban J connectivity index is 1.79. The molecule has 1 aromatic carbocycles. The number of thiazole rings is 1. The number of unbranched alkanes of at least 4 members (excludes halogenated alkanes) is 1. The van der Waals surface area contributed by atoms with Gasteiger partial charge in [0, 0.05) is 18.0 Å².